The predicted molar refractivity (Wildman–Crippen MR) is 54.0 cm³/mol. The second-order valence-corrected chi connectivity index (χ2v) is 4.17. The first-order valence-electron chi connectivity index (χ1n) is 5.05. The number of halogens is 1. The largest absolute Gasteiger partial charge is 0.380 e. The molecule has 1 aliphatic rings. The van der Waals surface area contributed by atoms with E-state index < -0.39 is 0 Å². The van der Waals surface area contributed by atoms with E-state index in [-0.39, 0.29) is 11.7 Å². The molecular weight excluding hydrogens is 179 g/mol. The van der Waals surface area contributed by atoms with E-state index in [9.17, 15) is 4.39 Å². The summed E-state index contributed by atoms with van der Waals surface area (Å²) in [6.45, 7) is 5.48. The van der Waals surface area contributed by atoms with Crippen molar-refractivity contribution in [1.29, 1.82) is 0 Å². The van der Waals surface area contributed by atoms with Gasteiger partial charge in [-0.25, -0.2) is 4.39 Å². The molecule has 1 aromatic carbocycles. The Morgan fingerprint density at radius 1 is 1.36 bits per heavy atom. The first kappa shape index (κ1) is 9.66. The summed E-state index contributed by atoms with van der Waals surface area (Å²) in [5.74, 6) is 0.580. The molecule has 0 bridgehead atoms. The van der Waals surface area contributed by atoms with E-state index in [1.165, 1.54) is 0 Å². The van der Waals surface area contributed by atoms with Gasteiger partial charge in [0, 0.05) is 5.92 Å². The molecule has 2 heteroatoms. The molecule has 0 atom stereocenters. The van der Waals surface area contributed by atoms with Gasteiger partial charge in [-0.05, 0) is 23.1 Å². The molecule has 0 spiro atoms. The molecule has 0 radical (unpaired) electrons. The number of ether oxygens (including phenoxy) is 1. The van der Waals surface area contributed by atoms with Gasteiger partial charge >= 0.3 is 0 Å². The summed E-state index contributed by atoms with van der Waals surface area (Å²) in [5.41, 5.74) is 1.87. The molecule has 1 fully saturated rings. The highest BCUT2D eigenvalue weighted by Crippen LogP contribution is 2.27. The number of hydrogen-bond acceptors (Lipinski definition) is 1. The molecule has 0 aromatic heterocycles. The third-order valence-corrected chi connectivity index (χ3v) is 2.76. The molecule has 0 amide bonds. The van der Waals surface area contributed by atoms with Gasteiger partial charge < -0.3 is 4.74 Å². The van der Waals surface area contributed by atoms with Crippen LogP contribution in [0.1, 0.15) is 36.8 Å². The zero-order valence-electron chi connectivity index (χ0n) is 8.59. The van der Waals surface area contributed by atoms with Crippen LogP contribution >= 0.6 is 0 Å². The lowest BCUT2D eigenvalue weighted by molar-refractivity contribution is 0.00831. The molecular formula is C12H15FO. The minimum Gasteiger partial charge on any atom is -0.380 e. The van der Waals surface area contributed by atoms with Crippen molar-refractivity contribution in [2.45, 2.75) is 25.7 Å². The number of rotatable bonds is 2. The maximum Gasteiger partial charge on any atom is 0.126 e. The predicted octanol–water partition coefficient (Wildman–Crippen LogP) is 3.06. The SMILES string of the molecule is CC(C)c1ccc(C2COC2)cc1F. The quantitative estimate of drug-likeness (QED) is 0.703. The van der Waals surface area contributed by atoms with Crippen LogP contribution in [0.2, 0.25) is 0 Å². The topological polar surface area (TPSA) is 9.23 Å². The standard InChI is InChI=1S/C12H15FO/c1-8(2)11-4-3-9(5-12(11)13)10-6-14-7-10/h3-5,8,10H,6-7H2,1-2H3. The minimum atomic E-state index is -0.0793. The Morgan fingerprint density at radius 2 is 2.07 bits per heavy atom. The second-order valence-electron chi connectivity index (χ2n) is 4.17. The fourth-order valence-electron chi connectivity index (χ4n) is 1.69. The lowest BCUT2D eigenvalue weighted by Gasteiger charge is -2.26. The summed E-state index contributed by atoms with van der Waals surface area (Å²) in [6.07, 6.45) is 0. The Kier molecular flexibility index (Phi) is 2.55. The van der Waals surface area contributed by atoms with Gasteiger partial charge in [0.1, 0.15) is 5.82 Å². The lowest BCUT2D eigenvalue weighted by atomic mass is 9.94. The summed E-state index contributed by atoms with van der Waals surface area (Å²) in [5, 5.41) is 0. The average Bonchev–Trinajstić information content (AvgIpc) is 2.00. The van der Waals surface area contributed by atoms with Crippen LogP contribution in [0.4, 0.5) is 4.39 Å². The van der Waals surface area contributed by atoms with Crippen LogP contribution < -0.4 is 0 Å². The van der Waals surface area contributed by atoms with Gasteiger partial charge in [-0.15, -0.1) is 0 Å². The van der Waals surface area contributed by atoms with Crippen molar-refractivity contribution in [3.63, 3.8) is 0 Å². The highest BCUT2D eigenvalue weighted by atomic mass is 19.1. The van der Waals surface area contributed by atoms with Crippen molar-refractivity contribution in [2.75, 3.05) is 13.2 Å². The third-order valence-electron chi connectivity index (χ3n) is 2.76. The van der Waals surface area contributed by atoms with Crippen molar-refractivity contribution in [1.82, 2.24) is 0 Å². The summed E-state index contributed by atoms with van der Waals surface area (Å²) in [7, 11) is 0. The molecule has 14 heavy (non-hydrogen) atoms. The van der Waals surface area contributed by atoms with Gasteiger partial charge in [-0.1, -0.05) is 26.0 Å². The molecule has 2 rings (SSSR count). The Labute approximate surface area is 83.9 Å². The van der Waals surface area contributed by atoms with Crippen LogP contribution in [0.3, 0.4) is 0 Å². The zero-order chi connectivity index (χ0) is 10.1. The minimum absolute atomic E-state index is 0.0793. The Bertz CT molecular complexity index is 329. The number of hydrogen-bond donors (Lipinski definition) is 0. The van der Waals surface area contributed by atoms with E-state index in [0.29, 0.717) is 5.92 Å². The van der Waals surface area contributed by atoms with Crippen LogP contribution in [0.5, 0.6) is 0 Å². The molecule has 1 aromatic rings. The van der Waals surface area contributed by atoms with E-state index in [2.05, 4.69) is 0 Å². The molecule has 1 aliphatic heterocycles. The summed E-state index contributed by atoms with van der Waals surface area (Å²) < 4.78 is 18.7. The van der Waals surface area contributed by atoms with Crippen molar-refractivity contribution in [3.8, 4) is 0 Å². The monoisotopic (exact) mass is 194 g/mol. The van der Waals surface area contributed by atoms with Gasteiger partial charge in [-0.2, -0.15) is 0 Å². The number of benzene rings is 1. The fraction of sp³-hybridized carbons (Fsp3) is 0.500. The van der Waals surface area contributed by atoms with Gasteiger partial charge in [0.15, 0.2) is 0 Å². The lowest BCUT2D eigenvalue weighted by Crippen LogP contribution is -2.25. The smallest absolute Gasteiger partial charge is 0.126 e. The Hall–Kier alpha value is -0.890. The third kappa shape index (κ3) is 1.67. The molecule has 1 nitrogen and oxygen atoms in total. The molecule has 1 saturated heterocycles. The highest BCUT2D eigenvalue weighted by Gasteiger charge is 2.21. The summed E-state index contributed by atoms with van der Waals surface area (Å²) >= 11 is 0. The molecule has 0 N–H and O–H groups in total. The average molecular weight is 194 g/mol. The first-order valence-corrected chi connectivity index (χ1v) is 5.05. The van der Waals surface area contributed by atoms with E-state index >= 15 is 0 Å². The first-order chi connectivity index (χ1) is 6.68. The second kappa shape index (κ2) is 3.70. The van der Waals surface area contributed by atoms with Crippen molar-refractivity contribution in [2.24, 2.45) is 0 Å². The molecule has 1 heterocycles. The van der Waals surface area contributed by atoms with Crippen LogP contribution in [-0.4, -0.2) is 13.2 Å². The molecule has 0 aliphatic carbocycles. The van der Waals surface area contributed by atoms with E-state index in [1.54, 1.807) is 6.07 Å². The Balaban J connectivity index is 2.25. The van der Waals surface area contributed by atoms with Gasteiger partial charge in [-0.3, -0.25) is 0 Å². The van der Waals surface area contributed by atoms with E-state index in [0.717, 1.165) is 24.3 Å². The van der Waals surface area contributed by atoms with Crippen LogP contribution in [-0.2, 0) is 4.74 Å². The van der Waals surface area contributed by atoms with Gasteiger partial charge in [0.2, 0.25) is 0 Å². The van der Waals surface area contributed by atoms with Gasteiger partial charge in [0.25, 0.3) is 0 Å². The molecule has 76 valence electrons. The molecule has 0 saturated carbocycles. The van der Waals surface area contributed by atoms with Crippen LogP contribution in [0.15, 0.2) is 18.2 Å². The summed E-state index contributed by atoms with van der Waals surface area (Å²) in [4.78, 5) is 0. The van der Waals surface area contributed by atoms with Crippen molar-refractivity contribution >= 4 is 0 Å². The van der Waals surface area contributed by atoms with Crippen LogP contribution in [0, 0.1) is 5.82 Å². The van der Waals surface area contributed by atoms with Gasteiger partial charge in [0.05, 0.1) is 13.2 Å². The molecule has 0 unspecified atom stereocenters. The maximum absolute atomic E-state index is 13.6. The fourth-order valence-corrected chi connectivity index (χ4v) is 1.69. The van der Waals surface area contributed by atoms with E-state index in [1.807, 2.05) is 26.0 Å². The maximum atomic E-state index is 13.6. The Morgan fingerprint density at radius 3 is 2.50 bits per heavy atom. The van der Waals surface area contributed by atoms with E-state index in [4.69, 9.17) is 4.74 Å². The van der Waals surface area contributed by atoms with Crippen molar-refractivity contribution in [3.05, 3.63) is 35.1 Å². The zero-order valence-corrected chi connectivity index (χ0v) is 8.59. The normalized spacial score (nSPS) is 17.1. The van der Waals surface area contributed by atoms with Crippen molar-refractivity contribution < 1.29 is 9.13 Å². The highest BCUT2D eigenvalue weighted by molar-refractivity contribution is 5.29. The van der Waals surface area contributed by atoms with Crippen LogP contribution in [0.25, 0.3) is 0 Å². The summed E-state index contributed by atoms with van der Waals surface area (Å²) in [6, 6.07) is 5.57.